The highest BCUT2D eigenvalue weighted by Gasteiger charge is 2.08. The first-order valence-corrected chi connectivity index (χ1v) is 10.8. The molecule has 0 N–H and O–H groups in total. The van der Waals surface area contributed by atoms with Crippen molar-refractivity contribution in [2.45, 2.75) is 78.1 Å². The lowest BCUT2D eigenvalue weighted by Gasteiger charge is -2.07. The third-order valence-corrected chi connectivity index (χ3v) is 4.89. The van der Waals surface area contributed by atoms with Gasteiger partial charge in [0.15, 0.2) is 0 Å². The first-order chi connectivity index (χ1) is 13.7. The summed E-state index contributed by atoms with van der Waals surface area (Å²) in [4.78, 5) is 12.0. The Kier molecular flexibility index (Phi) is 10.2. The first-order valence-electron chi connectivity index (χ1n) is 10.8. The largest absolute Gasteiger partial charge is 0.519 e. The summed E-state index contributed by atoms with van der Waals surface area (Å²) in [6.07, 6.45) is 11.4. The van der Waals surface area contributed by atoms with Gasteiger partial charge in [-0.25, -0.2) is 4.79 Å². The van der Waals surface area contributed by atoms with Crippen LogP contribution in [0.4, 0.5) is 4.79 Å². The van der Waals surface area contributed by atoms with Gasteiger partial charge in [-0.1, -0.05) is 76.6 Å². The van der Waals surface area contributed by atoms with Gasteiger partial charge in [0.05, 0.1) is 0 Å². The lowest BCUT2D eigenvalue weighted by molar-refractivity contribution is 0.152. The number of rotatable bonds is 12. The molecule has 28 heavy (non-hydrogen) atoms. The molecule has 0 saturated carbocycles. The van der Waals surface area contributed by atoms with Crippen molar-refractivity contribution in [2.24, 2.45) is 0 Å². The lowest BCUT2D eigenvalue weighted by Crippen LogP contribution is -2.13. The second-order valence-electron chi connectivity index (χ2n) is 7.36. The van der Waals surface area contributed by atoms with Crippen LogP contribution in [-0.2, 0) is 12.8 Å². The van der Waals surface area contributed by atoms with Crippen molar-refractivity contribution in [3.8, 4) is 11.5 Å². The molecule has 0 fully saturated rings. The number of aryl methyl sites for hydroxylation is 2. The SMILES string of the molecule is CCCCCCCc1ccc(OC(=O)Oc2ccc(CCCCC)cc2)cc1. The molecule has 0 aliphatic heterocycles. The molecule has 3 heteroatoms. The lowest BCUT2D eigenvalue weighted by atomic mass is 10.1. The smallest absolute Gasteiger partial charge is 0.395 e. The van der Waals surface area contributed by atoms with Crippen molar-refractivity contribution in [3.05, 3.63) is 59.7 Å². The fourth-order valence-electron chi connectivity index (χ4n) is 3.17. The molecule has 0 bridgehead atoms. The average molecular weight is 383 g/mol. The standard InChI is InChI=1S/C25H34O3/c1-3-5-7-8-10-12-22-15-19-24(20-16-22)28-25(26)27-23-17-13-21(14-18-23)11-9-6-4-2/h13-20H,3-12H2,1-2H3. The molecule has 0 aromatic heterocycles. The number of ether oxygens (including phenoxy) is 2. The van der Waals surface area contributed by atoms with Gasteiger partial charge in [-0.05, 0) is 61.1 Å². The molecule has 0 radical (unpaired) electrons. The second kappa shape index (κ2) is 13.0. The van der Waals surface area contributed by atoms with Crippen molar-refractivity contribution < 1.29 is 14.3 Å². The Balaban J connectivity index is 1.73. The van der Waals surface area contributed by atoms with E-state index in [1.165, 1.54) is 62.5 Å². The summed E-state index contributed by atoms with van der Waals surface area (Å²) in [6.45, 7) is 4.43. The van der Waals surface area contributed by atoms with Crippen LogP contribution in [0.5, 0.6) is 11.5 Å². The van der Waals surface area contributed by atoms with Gasteiger partial charge in [0.2, 0.25) is 0 Å². The quantitative estimate of drug-likeness (QED) is 0.216. The zero-order chi connectivity index (χ0) is 20.0. The Morgan fingerprint density at radius 2 is 1.00 bits per heavy atom. The van der Waals surface area contributed by atoms with Gasteiger partial charge in [0.1, 0.15) is 11.5 Å². The van der Waals surface area contributed by atoms with E-state index in [0.717, 1.165) is 12.8 Å². The third kappa shape index (κ3) is 8.60. The fourth-order valence-corrected chi connectivity index (χ4v) is 3.17. The minimum absolute atomic E-state index is 0.507. The zero-order valence-corrected chi connectivity index (χ0v) is 17.4. The van der Waals surface area contributed by atoms with Crippen LogP contribution in [-0.4, -0.2) is 6.16 Å². The van der Waals surface area contributed by atoms with E-state index in [2.05, 4.69) is 13.8 Å². The van der Waals surface area contributed by atoms with Crippen LogP contribution >= 0.6 is 0 Å². The summed E-state index contributed by atoms with van der Waals surface area (Å²) in [7, 11) is 0. The predicted molar refractivity (Wildman–Crippen MR) is 115 cm³/mol. The Morgan fingerprint density at radius 3 is 1.46 bits per heavy atom. The molecule has 2 aromatic carbocycles. The maximum atomic E-state index is 12.0. The number of benzene rings is 2. The van der Waals surface area contributed by atoms with Gasteiger partial charge >= 0.3 is 6.16 Å². The molecule has 0 spiro atoms. The first kappa shape index (κ1) is 22.0. The Labute approximate surface area is 170 Å². The van der Waals surface area contributed by atoms with Crippen LogP contribution in [0.25, 0.3) is 0 Å². The normalized spacial score (nSPS) is 10.6. The number of carbonyl (C=O) groups excluding carboxylic acids is 1. The van der Waals surface area contributed by atoms with Crippen LogP contribution in [0.15, 0.2) is 48.5 Å². The van der Waals surface area contributed by atoms with E-state index in [0.29, 0.717) is 11.5 Å². The summed E-state index contributed by atoms with van der Waals surface area (Å²) in [5, 5.41) is 0. The molecular weight excluding hydrogens is 348 g/mol. The van der Waals surface area contributed by atoms with E-state index < -0.39 is 6.16 Å². The highest BCUT2D eigenvalue weighted by atomic mass is 16.7. The fraction of sp³-hybridized carbons (Fsp3) is 0.480. The van der Waals surface area contributed by atoms with Crippen LogP contribution in [0.3, 0.4) is 0 Å². The maximum Gasteiger partial charge on any atom is 0.519 e. The van der Waals surface area contributed by atoms with Crippen LogP contribution in [0.1, 0.15) is 76.3 Å². The summed E-state index contributed by atoms with van der Waals surface area (Å²) >= 11 is 0. The number of hydrogen-bond acceptors (Lipinski definition) is 3. The Bertz CT molecular complexity index is 674. The van der Waals surface area contributed by atoms with Gasteiger partial charge in [-0.3, -0.25) is 0 Å². The maximum absolute atomic E-state index is 12.0. The van der Waals surface area contributed by atoms with Crippen molar-refractivity contribution in [1.29, 1.82) is 0 Å². The highest BCUT2D eigenvalue weighted by molar-refractivity contribution is 5.67. The summed E-state index contributed by atoms with van der Waals surface area (Å²) in [5.74, 6) is 1.02. The van der Waals surface area contributed by atoms with E-state index in [4.69, 9.17) is 9.47 Å². The third-order valence-electron chi connectivity index (χ3n) is 4.89. The van der Waals surface area contributed by atoms with Crippen molar-refractivity contribution >= 4 is 6.16 Å². The van der Waals surface area contributed by atoms with E-state index in [1.54, 1.807) is 0 Å². The summed E-state index contributed by atoms with van der Waals surface area (Å²) in [6, 6.07) is 15.4. The molecule has 0 unspecified atom stereocenters. The summed E-state index contributed by atoms with van der Waals surface area (Å²) < 4.78 is 10.5. The topological polar surface area (TPSA) is 35.5 Å². The van der Waals surface area contributed by atoms with Crippen LogP contribution in [0.2, 0.25) is 0 Å². The van der Waals surface area contributed by atoms with Crippen LogP contribution < -0.4 is 9.47 Å². The second-order valence-corrected chi connectivity index (χ2v) is 7.36. The van der Waals surface area contributed by atoms with E-state index in [-0.39, 0.29) is 0 Å². The molecule has 0 saturated heterocycles. The molecule has 0 heterocycles. The minimum Gasteiger partial charge on any atom is -0.395 e. The highest BCUT2D eigenvalue weighted by Crippen LogP contribution is 2.18. The van der Waals surface area contributed by atoms with E-state index >= 15 is 0 Å². The van der Waals surface area contributed by atoms with Gasteiger partial charge in [0, 0.05) is 0 Å². The monoisotopic (exact) mass is 382 g/mol. The van der Waals surface area contributed by atoms with E-state index in [1.807, 2.05) is 48.5 Å². The molecule has 2 rings (SSSR count). The van der Waals surface area contributed by atoms with Gasteiger partial charge in [0.25, 0.3) is 0 Å². The van der Waals surface area contributed by atoms with Gasteiger partial charge in [-0.2, -0.15) is 0 Å². The van der Waals surface area contributed by atoms with Crippen molar-refractivity contribution in [3.63, 3.8) is 0 Å². The van der Waals surface area contributed by atoms with Crippen molar-refractivity contribution in [2.75, 3.05) is 0 Å². The van der Waals surface area contributed by atoms with Crippen LogP contribution in [0, 0.1) is 0 Å². The Morgan fingerprint density at radius 1 is 0.607 bits per heavy atom. The molecular formula is C25H34O3. The molecule has 0 atom stereocenters. The molecule has 0 aliphatic rings. The average Bonchev–Trinajstić information content (AvgIpc) is 2.70. The van der Waals surface area contributed by atoms with Crippen molar-refractivity contribution in [1.82, 2.24) is 0 Å². The molecule has 0 amide bonds. The molecule has 0 aliphatic carbocycles. The Hall–Kier alpha value is -2.29. The van der Waals surface area contributed by atoms with Gasteiger partial charge in [-0.15, -0.1) is 0 Å². The predicted octanol–water partition coefficient (Wildman–Crippen LogP) is 7.51. The van der Waals surface area contributed by atoms with E-state index in [9.17, 15) is 4.79 Å². The molecule has 2 aromatic rings. The number of unbranched alkanes of at least 4 members (excludes halogenated alkanes) is 6. The molecule has 3 nitrogen and oxygen atoms in total. The molecule has 152 valence electrons. The number of hydrogen-bond donors (Lipinski definition) is 0. The number of carbonyl (C=O) groups is 1. The summed E-state index contributed by atoms with van der Waals surface area (Å²) in [5.41, 5.74) is 2.54. The minimum atomic E-state index is -0.703. The van der Waals surface area contributed by atoms with Gasteiger partial charge < -0.3 is 9.47 Å². The zero-order valence-electron chi connectivity index (χ0n) is 17.4.